The Balaban J connectivity index is 1.88. The molecular formula is C12H17N5O2S. The lowest BCUT2D eigenvalue weighted by Crippen LogP contribution is -2.39. The van der Waals surface area contributed by atoms with Crippen molar-refractivity contribution in [2.75, 3.05) is 24.7 Å². The van der Waals surface area contributed by atoms with Gasteiger partial charge in [-0.2, -0.15) is 9.36 Å². The summed E-state index contributed by atoms with van der Waals surface area (Å²) < 4.78 is 15.2. The number of hydrogen-bond acceptors (Lipinski definition) is 8. The normalized spacial score (nSPS) is 19.8. The molecule has 0 aliphatic carbocycles. The lowest BCUT2D eigenvalue weighted by Gasteiger charge is -2.32. The van der Waals surface area contributed by atoms with Gasteiger partial charge in [0.1, 0.15) is 11.9 Å². The van der Waals surface area contributed by atoms with Crippen molar-refractivity contribution in [2.45, 2.75) is 32.7 Å². The molecule has 20 heavy (non-hydrogen) atoms. The predicted molar refractivity (Wildman–Crippen MR) is 73.9 cm³/mol. The molecule has 0 unspecified atom stereocenters. The summed E-state index contributed by atoms with van der Waals surface area (Å²) in [7, 11) is 0. The third kappa shape index (κ3) is 2.53. The highest BCUT2D eigenvalue weighted by molar-refractivity contribution is 7.09. The molecule has 0 aromatic carbocycles. The molecule has 1 aliphatic rings. The van der Waals surface area contributed by atoms with E-state index < -0.39 is 0 Å². The standard InChI is InChI=1S/C12H17N5O2S/c1-7(2)10-14-12(20-16-10)17-4-5-18-6-9(17)11-13-8(3)15-19-11/h7,9H,4-6H2,1-3H3/t9-/m1/s1. The van der Waals surface area contributed by atoms with Gasteiger partial charge in [-0.25, -0.2) is 4.98 Å². The van der Waals surface area contributed by atoms with Crippen LogP contribution in [-0.4, -0.2) is 39.3 Å². The Morgan fingerprint density at radius 2 is 2.20 bits per heavy atom. The number of hydrogen-bond donors (Lipinski definition) is 0. The minimum absolute atomic E-state index is 0.0853. The lowest BCUT2D eigenvalue weighted by molar-refractivity contribution is 0.0838. The van der Waals surface area contributed by atoms with Crippen molar-refractivity contribution in [3.05, 3.63) is 17.5 Å². The first-order chi connectivity index (χ1) is 9.65. The molecule has 108 valence electrons. The second-order valence-electron chi connectivity index (χ2n) is 5.05. The van der Waals surface area contributed by atoms with Gasteiger partial charge in [-0.05, 0) is 6.92 Å². The van der Waals surface area contributed by atoms with Crippen molar-refractivity contribution in [3.63, 3.8) is 0 Å². The first kappa shape index (κ1) is 13.4. The van der Waals surface area contributed by atoms with Gasteiger partial charge in [0.2, 0.25) is 5.13 Å². The highest BCUT2D eigenvalue weighted by Gasteiger charge is 2.31. The number of anilines is 1. The highest BCUT2D eigenvalue weighted by atomic mass is 32.1. The van der Waals surface area contributed by atoms with Gasteiger partial charge >= 0.3 is 0 Å². The van der Waals surface area contributed by atoms with Gasteiger partial charge in [0.15, 0.2) is 5.82 Å². The molecule has 8 heteroatoms. The zero-order valence-electron chi connectivity index (χ0n) is 11.7. The van der Waals surface area contributed by atoms with Crippen LogP contribution in [-0.2, 0) is 4.74 Å². The SMILES string of the molecule is Cc1noc([C@H]2COCCN2c2nc(C(C)C)ns2)n1. The predicted octanol–water partition coefficient (Wildman–Crippen LogP) is 1.93. The quantitative estimate of drug-likeness (QED) is 0.856. The zero-order chi connectivity index (χ0) is 14.1. The Hall–Kier alpha value is -1.54. The maximum Gasteiger partial charge on any atom is 0.251 e. The van der Waals surface area contributed by atoms with Gasteiger partial charge in [0, 0.05) is 24.0 Å². The Kier molecular flexibility index (Phi) is 3.66. The topological polar surface area (TPSA) is 77.2 Å². The fourth-order valence-corrected chi connectivity index (χ4v) is 2.95. The smallest absolute Gasteiger partial charge is 0.251 e. The third-order valence-corrected chi connectivity index (χ3v) is 3.92. The van der Waals surface area contributed by atoms with Crippen LogP contribution in [0.4, 0.5) is 5.13 Å². The van der Waals surface area contributed by atoms with Crippen LogP contribution in [0.2, 0.25) is 0 Å². The molecular weight excluding hydrogens is 278 g/mol. The largest absolute Gasteiger partial charge is 0.377 e. The number of aromatic nitrogens is 4. The molecule has 3 heterocycles. The molecule has 0 bridgehead atoms. The van der Waals surface area contributed by atoms with Crippen molar-refractivity contribution in [1.82, 2.24) is 19.5 Å². The van der Waals surface area contributed by atoms with Gasteiger partial charge < -0.3 is 14.2 Å². The maximum absolute atomic E-state index is 5.54. The molecule has 0 saturated carbocycles. The molecule has 1 aliphatic heterocycles. The van der Waals surface area contributed by atoms with Crippen LogP contribution in [0.5, 0.6) is 0 Å². The fraction of sp³-hybridized carbons (Fsp3) is 0.667. The van der Waals surface area contributed by atoms with Crippen LogP contribution in [0, 0.1) is 6.92 Å². The number of rotatable bonds is 3. The van der Waals surface area contributed by atoms with Crippen LogP contribution >= 0.6 is 11.5 Å². The summed E-state index contributed by atoms with van der Waals surface area (Å²) in [6.45, 7) is 7.92. The molecule has 2 aromatic rings. The number of morpholine rings is 1. The summed E-state index contributed by atoms with van der Waals surface area (Å²) in [5.74, 6) is 2.40. The van der Waals surface area contributed by atoms with Crippen molar-refractivity contribution in [1.29, 1.82) is 0 Å². The van der Waals surface area contributed by atoms with E-state index in [9.17, 15) is 0 Å². The molecule has 0 spiro atoms. The number of ether oxygens (including phenoxy) is 1. The van der Waals surface area contributed by atoms with Crippen LogP contribution in [0.15, 0.2) is 4.52 Å². The monoisotopic (exact) mass is 295 g/mol. The van der Waals surface area contributed by atoms with E-state index in [2.05, 4.69) is 38.2 Å². The molecule has 0 radical (unpaired) electrons. The van der Waals surface area contributed by atoms with E-state index in [0.29, 0.717) is 30.8 Å². The van der Waals surface area contributed by atoms with Crippen LogP contribution < -0.4 is 4.90 Å². The second kappa shape index (κ2) is 5.45. The fourth-order valence-electron chi connectivity index (χ4n) is 2.06. The first-order valence-electron chi connectivity index (χ1n) is 6.63. The van der Waals surface area contributed by atoms with E-state index in [1.807, 2.05) is 6.92 Å². The van der Waals surface area contributed by atoms with Crippen molar-refractivity contribution >= 4 is 16.7 Å². The molecule has 1 saturated heterocycles. The Labute approximate surface area is 121 Å². The van der Waals surface area contributed by atoms with E-state index in [1.54, 1.807) is 0 Å². The van der Waals surface area contributed by atoms with Crippen molar-refractivity contribution in [3.8, 4) is 0 Å². The number of nitrogens with zero attached hydrogens (tertiary/aromatic N) is 5. The van der Waals surface area contributed by atoms with Gasteiger partial charge in [-0.1, -0.05) is 19.0 Å². The van der Waals surface area contributed by atoms with Crippen LogP contribution in [0.25, 0.3) is 0 Å². The van der Waals surface area contributed by atoms with E-state index in [-0.39, 0.29) is 6.04 Å². The maximum atomic E-state index is 5.54. The summed E-state index contributed by atoms with van der Waals surface area (Å²) >= 11 is 1.41. The third-order valence-electron chi connectivity index (χ3n) is 3.15. The van der Waals surface area contributed by atoms with E-state index in [1.165, 1.54) is 11.5 Å². The summed E-state index contributed by atoms with van der Waals surface area (Å²) in [6.07, 6.45) is 0. The molecule has 2 aromatic heterocycles. The zero-order valence-corrected chi connectivity index (χ0v) is 12.6. The molecule has 1 fully saturated rings. The Morgan fingerprint density at radius 3 is 2.85 bits per heavy atom. The van der Waals surface area contributed by atoms with E-state index in [0.717, 1.165) is 17.5 Å². The molecule has 3 rings (SSSR count). The minimum atomic E-state index is -0.0853. The molecule has 7 nitrogen and oxygen atoms in total. The second-order valence-corrected chi connectivity index (χ2v) is 5.78. The average Bonchev–Trinajstić information content (AvgIpc) is 3.07. The average molecular weight is 295 g/mol. The van der Waals surface area contributed by atoms with E-state index >= 15 is 0 Å². The van der Waals surface area contributed by atoms with Crippen LogP contribution in [0.1, 0.15) is 43.3 Å². The summed E-state index contributed by atoms with van der Waals surface area (Å²) in [5.41, 5.74) is 0. The summed E-state index contributed by atoms with van der Waals surface area (Å²) in [4.78, 5) is 11.1. The Morgan fingerprint density at radius 1 is 1.35 bits per heavy atom. The Bertz CT molecular complexity index is 582. The van der Waals surface area contributed by atoms with E-state index in [4.69, 9.17) is 9.26 Å². The van der Waals surface area contributed by atoms with Crippen LogP contribution in [0.3, 0.4) is 0 Å². The van der Waals surface area contributed by atoms with Gasteiger partial charge in [-0.3, -0.25) is 0 Å². The van der Waals surface area contributed by atoms with Gasteiger partial charge in [-0.15, -0.1) is 0 Å². The minimum Gasteiger partial charge on any atom is -0.377 e. The summed E-state index contributed by atoms with van der Waals surface area (Å²) in [5, 5.41) is 4.74. The highest BCUT2D eigenvalue weighted by Crippen LogP contribution is 2.31. The van der Waals surface area contributed by atoms with Gasteiger partial charge in [0.05, 0.1) is 13.2 Å². The summed E-state index contributed by atoms with van der Waals surface area (Å²) in [6, 6.07) is -0.0853. The lowest BCUT2D eigenvalue weighted by atomic mass is 10.2. The number of aryl methyl sites for hydroxylation is 1. The van der Waals surface area contributed by atoms with Crippen molar-refractivity contribution in [2.24, 2.45) is 0 Å². The molecule has 0 amide bonds. The van der Waals surface area contributed by atoms with Gasteiger partial charge in [0.25, 0.3) is 5.89 Å². The molecule has 1 atom stereocenters. The molecule has 0 N–H and O–H groups in total. The first-order valence-corrected chi connectivity index (χ1v) is 7.40. The van der Waals surface area contributed by atoms with Crippen molar-refractivity contribution < 1.29 is 9.26 Å².